The number of oxazole rings is 2. The van der Waals surface area contributed by atoms with Gasteiger partial charge in [-0.05, 0) is 70.4 Å². The third-order valence-electron chi connectivity index (χ3n) is 8.33. The molecule has 0 unspecified atom stereocenters. The maximum Gasteiger partial charge on any atom is 0.227 e. The molecule has 4 nitrogen and oxygen atoms in total. The summed E-state index contributed by atoms with van der Waals surface area (Å²) in [5, 5.41) is 4.28. The average molecular weight is 565 g/mol. The first kappa shape index (κ1) is 24.6. The topological polar surface area (TPSA) is 52.1 Å². The monoisotopic (exact) mass is 564 g/mol. The number of nitrogens with zero attached hydrogens (tertiary/aromatic N) is 2. The van der Waals surface area contributed by atoms with Crippen LogP contribution < -0.4 is 0 Å². The SMILES string of the molecule is c1ccc(-c2nc3c(ccc4c5ccc6oc(-c7ccccc7)nc6c5c(-c5ccccc5)c(-c5ccccc5)c43)o2)cc1. The van der Waals surface area contributed by atoms with Crippen molar-refractivity contribution in [2.24, 2.45) is 0 Å². The fourth-order valence-electron chi connectivity index (χ4n) is 6.39. The molecule has 2 aromatic heterocycles. The minimum Gasteiger partial charge on any atom is -0.436 e. The van der Waals surface area contributed by atoms with Crippen LogP contribution in [0.5, 0.6) is 0 Å². The average Bonchev–Trinajstić information content (AvgIpc) is 3.74. The lowest BCUT2D eigenvalue weighted by Crippen LogP contribution is -1.93. The minimum absolute atomic E-state index is 0.605. The summed E-state index contributed by atoms with van der Waals surface area (Å²) in [6.07, 6.45) is 0. The van der Waals surface area contributed by atoms with Crippen LogP contribution in [0.1, 0.15) is 0 Å². The molecular formula is C40H24N2O2. The van der Waals surface area contributed by atoms with Crippen molar-refractivity contribution in [3.63, 3.8) is 0 Å². The van der Waals surface area contributed by atoms with Crippen LogP contribution in [-0.4, -0.2) is 9.97 Å². The molecule has 0 bridgehead atoms. The van der Waals surface area contributed by atoms with Gasteiger partial charge >= 0.3 is 0 Å². The minimum atomic E-state index is 0.605. The maximum absolute atomic E-state index is 6.39. The third-order valence-corrected chi connectivity index (χ3v) is 8.33. The predicted octanol–water partition coefficient (Wildman–Crippen LogP) is 10.9. The Kier molecular flexibility index (Phi) is 5.47. The molecule has 4 heteroatoms. The molecule has 0 fully saturated rings. The van der Waals surface area contributed by atoms with Gasteiger partial charge in [0, 0.05) is 33.0 Å². The smallest absolute Gasteiger partial charge is 0.227 e. The van der Waals surface area contributed by atoms with Gasteiger partial charge in [0.05, 0.1) is 0 Å². The van der Waals surface area contributed by atoms with Crippen molar-refractivity contribution < 1.29 is 8.83 Å². The number of rotatable bonds is 4. The highest BCUT2D eigenvalue weighted by Crippen LogP contribution is 2.49. The van der Waals surface area contributed by atoms with Crippen LogP contribution in [-0.2, 0) is 0 Å². The van der Waals surface area contributed by atoms with E-state index in [4.69, 9.17) is 18.8 Å². The van der Waals surface area contributed by atoms with E-state index in [0.29, 0.717) is 11.8 Å². The normalized spacial score (nSPS) is 11.6. The Labute approximate surface area is 252 Å². The molecule has 0 aliphatic carbocycles. The van der Waals surface area contributed by atoms with Crippen molar-refractivity contribution in [2.75, 3.05) is 0 Å². The van der Waals surface area contributed by atoms with Crippen LogP contribution in [0.15, 0.2) is 154 Å². The van der Waals surface area contributed by atoms with Gasteiger partial charge in [-0.2, -0.15) is 0 Å². The fourth-order valence-corrected chi connectivity index (χ4v) is 6.39. The van der Waals surface area contributed by atoms with E-state index in [9.17, 15) is 0 Å². The molecule has 206 valence electrons. The van der Waals surface area contributed by atoms with Gasteiger partial charge in [0.1, 0.15) is 11.0 Å². The maximum atomic E-state index is 6.39. The van der Waals surface area contributed by atoms with Gasteiger partial charge in [-0.25, -0.2) is 9.97 Å². The number of aromatic nitrogens is 2. The molecule has 44 heavy (non-hydrogen) atoms. The first-order chi connectivity index (χ1) is 21.8. The van der Waals surface area contributed by atoms with Gasteiger partial charge in [0.25, 0.3) is 0 Å². The third kappa shape index (κ3) is 3.78. The Morgan fingerprint density at radius 3 is 1.05 bits per heavy atom. The number of fused-ring (bicyclic) bond motifs is 7. The molecule has 0 radical (unpaired) electrons. The van der Waals surface area contributed by atoms with Gasteiger partial charge in [-0.15, -0.1) is 0 Å². The molecule has 0 aliphatic heterocycles. The van der Waals surface area contributed by atoms with Crippen LogP contribution in [0.3, 0.4) is 0 Å². The van der Waals surface area contributed by atoms with Gasteiger partial charge in [-0.3, -0.25) is 0 Å². The summed E-state index contributed by atoms with van der Waals surface area (Å²) in [5.74, 6) is 1.21. The van der Waals surface area contributed by atoms with Crippen LogP contribution >= 0.6 is 0 Å². The number of benzene rings is 7. The Bertz CT molecular complexity index is 2290. The second kappa shape index (κ2) is 9.79. The second-order valence-electron chi connectivity index (χ2n) is 10.9. The fraction of sp³-hybridized carbons (Fsp3) is 0. The molecule has 9 aromatic rings. The first-order valence-electron chi connectivity index (χ1n) is 14.7. The summed E-state index contributed by atoms with van der Waals surface area (Å²) in [5.41, 5.74) is 9.44. The van der Waals surface area contributed by atoms with Gasteiger partial charge in [0.2, 0.25) is 11.8 Å². The zero-order valence-electron chi connectivity index (χ0n) is 23.6. The van der Waals surface area contributed by atoms with E-state index < -0.39 is 0 Å². The predicted molar refractivity (Wildman–Crippen MR) is 178 cm³/mol. The molecular weight excluding hydrogens is 540 g/mol. The Hall–Kier alpha value is -6.00. The van der Waals surface area contributed by atoms with E-state index in [1.165, 1.54) is 0 Å². The van der Waals surface area contributed by atoms with E-state index in [1.54, 1.807) is 0 Å². The summed E-state index contributed by atoms with van der Waals surface area (Å²) in [7, 11) is 0. The number of hydrogen-bond acceptors (Lipinski definition) is 4. The molecule has 0 spiro atoms. The second-order valence-corrected chi connectivity index (χ2v) is 10.9. The van der Waals surface area contributed by atoms with E-state index in [0.717, 1.165) is 77.1 Å². The van der Waals surface area contributed by atoms with E-state index in [2.05, 4.69) is 72.8 Å². The zero-order valence-corrected chi connectivity index (χ0v) is 23.6. The highest BCUT2D eigenvalue weighted by Gasteiger charge is 2.24. The molecule has 9 rings (SSSR count). The summed E-state index contributed by atoms with van der Waals surface area (Å²) in [4.78, 5) is 10.3. The van der Waals surface area contributed by atoms with E-state index >= 15 is 0 Å². The lowest BCUT2D eigenvalue weighted by atomic mass is 9.84. The van der Waals surface area contributed by atoms with Crippen molar-refractivity contribution in [2.45, 2.75) is 0 Å². The van der Waals surface area contributed by atoms with Gasteiger partial charge in [0.15, 0.2) is 11.2 Å². The standard InChI is InChI=1S/C40H24N2O2/c1-5-13-25(14-6-1)33-34(26-15-7-2-8-16-26)36-30(22-24-32-38(36)42-40(44-32)28-19-11-4-12-20-28)29-21-23-31-37(35(29)33)41-39(43-31)27-17-9-3-10-18-27/h1-24H. The molecule has 0 amide bonds. The molecule has 0 saturated heterocycles. The molecule has 0 saturated carbocycles. The molecule has 2 heterocycles. The largest absolute Gasteiger partial charge is 0.436 e. The van der Waals surface area contributed by atoms with E-state index in [-0.39, 0.29) is 0 Å². The highest BCUT2D eigenvalue weighted by molar-refractivity contribution is 6.31. The molecule has 0 atom stereocenters. The summed E-state index contributed by atoms with van der Waals surface area (Å²) in [6.45, 7) is 0. The van der Waals surface area contributed by atoms with Crippen molar-refractivity contribution in [3.8, 4) is 45.2 Å². The lowest BCUT2D eigenvalue weighted by Gasteiger charge is -2.18. The van der Waals surface area contributed by atoms with Crippen LogP contribution in [0.25, 0.3) is 88.9 Å². The first-order valence-corrected chi connectivity index (χ1v) is 14.7. The summed E-state index contributed by atoms with van der Waals surface area (Å²) >= 11 is 0. The van der Waals surface area contributed by atoms with Crippen LogP contribution in [0.4, 0.5) is 0 Å². The quantitative estimate of drug-likeness (QED) is 0.200. The van der Waals surface area contributed by atoms with Gasteiger partial charge < -0.3 is 8.83 Å². The van der Waals surface area contributed by atoms with Crippen LogP contribution in [0, 0.1) is 0 Å². The molecule has 0 N–H and O–H groups in total. The van der Waals surface area contributed by atoms with Crippen molar-refractivity contribution in [1.82, 2.24) is 9.97 Å². The van der Waals surface area contributed by atoms with Crippen molar-refractivity contribution in [1.29, 1.82) is 0 Å². The molecule has 0 aliphatic rings. The van der Waals surface area contributed by atoms with Crippen molar-refractivity contribution >= 4 is 43.7 Å². The number of hydrogen-bond donors (Lipinski definition) is 0. The highest BCUT2D eigenvalue weighted by atomic mass is 16.4. The van der Waals surface area contributed by atoms with Crippen molar-refractivity contribution in [3.05, 3.63) is 146 Å². The summed E-state index contributed by atoms with van der Waals surface area (Å²) < 4.78 is 12.8. The Morgan fingerprint density at radius 2 is 0.682 bits per heavy atom. The zero-order chi connectivity index (χ0) is 29.0. The van der Waals surface area contributed by atoms with E-state index in [1.807, 2.05) is 72.8 Å². The Morgan fingerprint density at radius 1 is 0.341 bits per heavy atom. The molecule has 7 aromatic carbocycles. The summed E-state index contributed by atoms with van der Waals surface area (Å²) in [6, 6.07) is 49.7. The van der Waals surface area contributed by atoms with Gasteiger partial charge in [-0.1, -0.05) is 97.1 Å². The lowest BCUT2D eigenvalue weighted by molar-refractivity contribution is 0.619. The van der Waals surface area contributed by atoms with Crippen LogP contribution in [0.2, 0.25) is 0 Å². The Balaban J connectivity index is 1.50.